The van der Waals surface area contributed by atoms with Crippen LogP contribution in [0.2, 0.25) is 0 Å². The first kappa shape index (κ1) is 9.01. The maximum atomic E-state index is 9.89. The van der Waals surface area contributed by atoms with Gasteiger partial charge in [-0.1, -0.05) is 12.1 Å². The molecule has 0 unspecified atom stereocenters. The summed E-state index contributed by atoms with van der Waals surface area (Å²) < 4.78 is 0. The molecule has 1 rings (SSSR count). The van der Waals surface area contributed by atoms with Gasteiger partial charge in [-0.05, 0) is 23.8 Å². The van der Waals surface area contributed by atoms with Crippen LogP contribution >= 0.6 is 0 Å². The third-order valence-electron chi connectivity index (χ3n) is 1.48. The molecule has 13 heavy (non-hydrogen) atoms. The summed E-state index contributed by atoms with van der Waals surface area (Å²) in [4.78, 5) is 9.89. The number of carbonyl (C=O) groups is 1. The first-order valence-electron chi connectivity index (χ1n) is 3.73. The molecule has 3 nitrogen and oxygen atoms in total. The number of nitrogens with one attached hydrogen (secondary N) is 1. The lowest BCUT2D eigenvalue weighted by Gasteiger charge is -1.92. The molecule has 64 valence electrons. The fourth-order valence-electron chi connectivity index (χ4n) is 0.852. The third-order valence-corrected chi connectivity index (χ3v) is 1.48. The van der Waals surface area contributed by atoms with Gasteiger partial charge in [0.05, 0.1) is 11.6 Å². The van der Waals surface area contributed by atoms with E-state index in [1.165, 1.54) is 6.20 Å². The maximum Gasteiger partial charge on any atom is 0.211 e. The molecule has 0 heterocycles. The number of rotatable bonds is 3. The molecular weight excluding hydrogens is 164 g/mol. The summed E-state index contributed by atoms with van der Waals surface area (Å²) in [5.41, 5.74) is 1.56. The van der Waals surface area contributed by atoms with Gasteiger partial charge in [0.15, 0.2) is 0 Å². The molecule has 0 spiro atoms. The van der Waals surface area contributed by atoms with Gasteiger partial charge < -0.3 is 5.32 Å². The standard InChI is InChI=1S/C10H8N2O/c11-7-10-3-1-9(2-4-10)5-6-12-8-13/h1-6,8H,(H,12,13). The zero-order valence-corrected chi connectivity index (χ0v) is 6.90. The van der Waals surface area contributed by atoms with Crippen molar-refractivity contribution in [1.29, 1.82) is 5.26 Å². The van der Waals surface area contributed by atoms with Gasteiger partial charge in [-0.25, -0.2) is 0 Å². The summed E-state index contributed by atoms with van der Waals surface area (Å²) in [5, 5.41) is 10.9. The summed E-state index contributed by atoms with van der Waals surface area (Å²) in [7, 11) is 0. The Balaban J connectivity index is 2.70. The predicted octanol–water partition coefficient (Wildman–Crippen LogP) is 1.27. The number of amides is 1. The minimum Gasteiger partial charge on any atom is -0.335 e. The van der Waals surface area contributed by atoms with Crippen LogP contribution in [-0.2, 0) is 4.79 Å². The van der Waals surface area contributed by atoms with Crippen molar-refractivity contribution >= 4 is 12.5 Å². The molecule has 1 aromatic carbocycles. The van der Waals surface area contributed by atoms with Gasteiger partial charge in [0, 0.05) is 6.20 Å². The second kappa shape index (κ2) is 4.73. The number of hydrogen-bond acceptors (Lipinski definition) is 2. The fraction of sp³-hybridized carbons (Fsp3) is 0. The van der Waals surface area contributed by atoms with E-state index < -0.39 is 0 Å². The molecule has 0 bridgehead atoms. The van der Waals surface area contributed by atoms with Crippen molar-refractivity contribution in [2.45, 2.75) is 0 Å². The van der Waals surface area contributed by atoms with E-state index in [1.807, 2.05) is 18.2 Å². The third kappa shape index (κ3) is 2.80. The van der Waals surface area contributed by atoms with Crippen LogP contribution in [0.3, 0.4) is 0 Å². The van der Waals surface area contributed by atoms with E-state index in [-0.39, 0.29) is 0 Å². The summed E-state index contributed by atoms with van der Waals surface area (Å²) in [6.07, 6.45) is 3.88. The Morgan fingerprint density at radius 1 is 1.31 bits per heavy atom. The summed E-state index contributed by atoms with van der Waals surface area (Å²) in [6.45, 7) is 0. The van der Waals surface area contributed by atoms with Crippen LogP contribution in [0.5, 0.6) is 0 Å². The molecule has 1 amide bonds. The van der Waals surface area contributed by atoms with Crippen molar-refractivity contribution in [1.82, 2.24) is 5.32 Å². The zero-order valence-electron chi connectivity index (χ0n) is 6.90. The SMILES string of the molecule is N#Cc1ccc(C=CNC=O)cc1. The van der Waals surface area contributed by atoms with E-state index in [0.717, 1.165) is 5.56 Å². The minimum absolute atomic E-state index is 0.597. The van der Waals surface area contributed by atoms with Gasteiger partial charge in [0.2, 0.25) is 6.41 Å². The molecule has 1 N–H and O–H groups in total. The van der Waals surface area contributed by atoms with E-state index in [2.05, 4.69) is 5.32 Å². The Kier molecular flexibility index (Phi) is 3.28. The van der Waals surface area contributed by atoms with Crippen LogP contribution in [0, 0.1) is 11.3 Å². The largest absolute Gasteiger partial charge is 0.335 e. The lowest BCUT2D eigenvalue weighted by Crippen LogP contribution is -1.97. The Morgan fingerprint density at radius 2 is 2.00 bits per heavy atom. The molecule has 0 aliphatic carbocycles. The Labute approximate surface area is 76.3 Å². The number of nitriles is 1. The molecule has 3 heteroatoms. The van der Waals surface area contributed by atoms with Crippen molar-refractivity contribution in [3.8, 4) is 6.07 Å². The topological polar surface area (TPSA) is 52.9 Å². The smallest absolute Gasteiger partial charge is 0.211 e. The molecule has 0 saturated carbocycles. The Bertz CT molecular complexity index is 346. The lowest BCUT2D eigenvalue weighted by atomic mass is 10.1. The second-order valence-corrected chi connectivity index (χ2v) is 2.35. The monoisotopic (exact) mass is 172 g/mol. The highest BCUT2D eigenvalue weighted by Crippen LogP contribution is 2.04. The van der Waals surface area contributed by atoms with Gasteiger partial charge in [0.1, 0.15) is 0 Å². The van der Waals surface area contributed by atoms with E-state index in [9.17, 15) is 4.79 Å². The fourth-order valence-corrected chi connectivity index (χ4v) is 0.852. The first-order valence-corrected chi connectivity index (χ1v) is 3.73. The average molecular weight is 172 g/mol. The van der Waals surface area contributed by atoms with Gasteiger partial charge >= 0.3 is 0 Å². The second-order valence-electron chi connectivity index (χ2n) is 2.35. The molecule has 0 fully saturated rings. The molecule has 1 aromatic rings. The Hall–Kier alpha value is -2.08. The summed E-state index contributed by atoms with van der Waals surface area (Å²) >= 11 is 0. The van der Waals surface area contributed by atoms with Crippen LogP contribution in [0.4, 0.5) is 0 Å². The highest BCUT2D eigenvalue weighted by molar-refractivity contribution is 5.55. The van der Waals surface area contributed by atoms with Crippen molar-refractivity contribution in [2.75, 3.05) is 0 Å². The van der Waals surface area contributed by atoms with Gasteiger partial charge in [-0.15, -0.1) is 0 Å². The van der Waals surface area contributed by atoms with Crippen molar-refractivity contribution in [2.24, 2.45) is 0 Å². The molecule has 0 saturated heterocycles. The zero-order chi connectivity index (χ0) is 9.52. The van der Waals surface area contributed by atoms with E-state index in [1.54, 1.807) is 18.2 Å². The maximum absolute atomic E-state index is 9.89. The van der Waals surface area contributed by atoms with Crippen LogP contribution in [0.1, 0.15) is 11.1 Å². The average Bonchev–Trinajstić information content (AvgIpc) is 2.19. The van der Waals surface area contributed by atoms with E-state index in [0.29, 0.717) is 12.0 Å². The van der Waals surface area contributed by atoms with Gasteiger partial charge in [-0.2, -0.15) is 5.26 Å². The molecule has 0 radical (unpaired) electrons. The summed E-state index contributed by atoms with van der Waals surface area (Å²) in [6, 6.07) is 9.09. The molecule has 0 aliphatic heterocycles. The van der Waals surface area contributed by atoms with Gasteiger partial charge in [0.25, 0.3) is 0 Å². The summed E-state index contributed by atoms with van der Waals surface area (Å²) in [5.74, 6) is 0. The molecular formula is C10H8N2O. The number of nitrogens with zero attached hydrogens (tertiary/aromatic N) is 1. The van der Waals surface area contributed by atoms with E-state index >= 15 is 0 Å². The number of hydrogen-bond donors (Lipinski definition) is 1. The van der Waals surface area contributed by atoms with Crippen LogP contribution in [0.25, 0.3) is 6.08 Å². The van der Waals surface area contributed by atoms with Gasteiger partial charge in [-0.3, -0.25) is 4.79 Å². The van der Waals surface area contributed by atoms with Crippen LogP contribution in [0.15, 0.2) is 30.5 Å². The number of benzene rings is 1. The normalized spacial score (nSPS) is 9.46. The number of carbonyl (C=O) groups excluding carboxylic acids is 1. The predicted molar refractivity (Wildman–Crippen MR) is 49.4 cm³/mol. The molecule has 0 atom stereocenters. The van der Waals surface area contributed by atoms with E-state index in [4.69, 9.17) is 5.26 Å². The quantitative estimate of drug-likeness (QED) is 0.698. The Morgan fingerprint density at radius 3 is 2.54 bits per heavy atom. The van der Waals surface area contributed by atoms with Crippen LogP contribution in [-0.4, -0.2) is 6.41 Å². The highest BCUT2D eigenvalue weighted by atomic mass is 16.1. The molecule has 0 aliphatic rings. The highest BCUT2D eigenvalue weighted by Gasteiger charge is 1.88. The van der Waals surface area contributed by atoms with Crippen molar-refractivity contribution in [3.63, 3.8) is 0 Å². The lowest BCUT2D eigenvalue weighted by molar-refractivity contribution is -0.108. The van der Waals surface area contributed by atoms with Crippen LogP contribution < -0.4 is 5.32 Å². The van der Waals surface area contributed by atoms with Crippen molar-refractivity contribution < 1.29 is 4.79 Å². The molecule has 0 aromatic heterocycles. The minimum atomic E-state index is 0.597. The van der Waals surface area contributed by atoms with Crippen molar-refractivity contribution in [3.05, 3.63) is 41.6 Å². The first-order chi connectivity index (χ1) is 6.36.